The van der Waals surface area contributed by atoms with E-state index < -0.39 is 10.0 Å². The fourth-order valence-electron chi connectivity index (χ4n) is 2.74. The van der Waals surface area contributed by atoms with Crippen molar-refractivity contribution in [2.24, 2.45) is 5.10 Å². The van der Waals surface area contributed by atoms with Crippen LogP contribution < -0.4 is 4.83 Å². The van der Waals surface area contributed by atoms with E-state index in [1.165, 1.54) is 38.5 Å². The number of allylic oxidation sites excluding steroid dienone is 2. The molecule has 1 aliphatic rings. The van der Waals surface area contributed by atoms with E-state index in [1.54, 1.807) is 24.3 Å². The number of hydrogen-bond acceptors (Lipinski definition) is 3. The van der Waals surface area contributed by atoms with E-state index in [1.807, 2.05) is 13.0 Å². The normalized spacial score (nSPS) is 20.8. The zero-order chi connectivity index (χ0) is 17.3. The van der Waals surface area contributed by atoms with Gasteiger partial charge in [0.1, 0.15) is 0 Å². The van der Waals surface area contributed by atoms with Crippen molar-refractivity contribution in [2.75, 3.05) is 0 Å². The van der Waals surface area contributed by atoms with Crippen LogP contribution in [0.2, 0.25) is 0 Å². The van der Waals surface area contributed by atoms with Gasteiger partial charge in [-0.15, -0.1) is 0 Å². The number of rotatable bonds is 3. The Balaban J connectivity index is 2.05. The molecule has 0 bridgehead atoms. The monoisotopic (exact) mass is 348 g/mol. The number of hydrazone groups is 1. The highest BCUT2D eigenvalue weighted by molar-refractivity contribution is 7.89. The fraction of sp³-hybridized carbons (Fsp3) is 0.526. The van der Waals surface area contributed by atoms with Crippen molar-refractivity contribution in [1.82, 2.24) is 4.83 Å². The molecule has 0 saturated heterocycles. The van der Waals surface area contributed by atoms with Crippen molar-refractivity contribution in [2.45, 2.75) is 69.6 Å². The molecule has 0 amide bonds. The first-order chi connectivity index (χ1) is 11.6. The zero-order valence-electron chi connectivity index (χ0n) is 14.5. The lowest BCUT2D eigenvalue weighted by molar-refractivity contribution is 0.581. The third kappa shape index (κ3) is 6.48. The lowest BCUT2D eigenvalue weighted by atomic mass is 10.0. The Morgan fingerprint density at radius 2 is 1.54 bits per heavy atom. The molecule has 0 saturated carbocycles. The van der Waals surface area contributed by atoms with Crippen LogP contribution in [0.1, 0.15) is 63.4 Å². The molecule has 0 unspecified atom stereocenters. The van der Waals surface area contributed by atoms with E-state index in [4.69, 9.17) is 0 Å². The standard InChI is InChI=1S/C19H28N2O2S/c1-17-13-15-19(16-14-17)24(22,23)21-20-18-11-9-7-5-3-2-4-6-8-10-12-18/h9,11,13-16,21H,2-8,10,12H2,1H3/b11-9+,20-18-. The predicted molar refractivity (Wildman–Crippen MR) is 99.6 cm³/mol. The molecule has 24 heavy (non-hydrogen) atoms. The molecule has 0 fully saturated rings. The smallest absolute Gasteiger partial charge is 0.200 e. The van der Waals surface area contributed by atoms with Crippen LogP contribution in [0.3, 0.4) is 0 Å². The summed E-state index contributed by atoms with van der Waals surface area (Å²) in [4.78, 5) is 2.63. The van der Waals surface area contributed by atoms with Gasteiger partial charge in [0.25, 0.3) is 10.0 Å². The van der Waals surface area contributed by atoms with Crippen LogP contribution in [0.5, 0.6) is 0 Å². The number of nitrogens with zero attached hydrogens (tertiary/aromatic N) is 1. The van der Waals surface area contributed by atoms with Crippen LogP contribution >= 0.6 is 0 Å². The van der Waals surface area contributed by atoms with Gasteiger partial charge in [0, 0.05) is 0 Å². The summed E-state index contributed by atoms with van der Waals surface area (Å²) in [5.41, 5.74) is 1.84. The summed E-state index contributed by atoms with van der Waals surface area (Å²) in [5, 5.41) is 4.17. The van der Waals surface area contributed by atoms with Crippen molar-refractivity contribution >= 4 is 15.7 Å². The molecule has 0 atom stereocenters. The minimum atomic E-state index is -3.60. The van der Waals surface area contributed by atoms with Gasteiger partial charge < -0.3 is 0 Å². The average Bonchev–Trinajstić information content (AvgIpc) is 2.55. The van der Waals surface area contributed by atoms with Gasteiger partial charge in [-0.1, -0.05) is 55.9 Å². The minimum Gasteiger partial charge on any atom is -0.200 e. The van der Waals surface area contributed by atoms with Crippen molar-refractivity contribution in [3.63, 3.8) is 0 Å². The second kappa shape index (κ2) is 9.62. The van der Waals surface area contributed by atoms with Crippen LogP contribution in [0.15, 0.2) is 46.4 Å². The number of aryl methyl sites for hydroxylation is 1. The summed E-state index contributed by atoms with van der Waals surface area (Å²) in [6.07, 6.45) is 14.5. The van der Waals surface area contributed by atoms with Gasteiger partial charge in [0.15, 0.2) is 0 Å². The molecule has 0 aromatic heterocycles. The highest BCUT2D eigenvalue weighted by Gasteiger charge is 2.12. The maximum absolute atomic E-state index is 12.3. The van der Waals surface area contributed by atoms with E-state index in [0.29, 0.717) is 0 Å². The summed E-state index contributed by atoms with van der Waals surface area (Å²) in [6.45, 7) is 1.93. The molecular formula is C19H28N2O2S. The molecule has 5 heteroatoms. The third-order valence-electron chi connectivity index (χ3n) is 4.25. The van der Waals surface area contributed by atoms with Crippen LogP contribution in [0.25, 0.3) is 0 Å². The molecule has 0 radical (unpaired) electrons. The predicted octanol–water partition coefficient (Wildman–Crippen LogP) is 4.71. The Morgan fingerprint density at radius 3 is 2.25 bits per heavy atom. The first-order valence-electron chi connectivity index (χ1n) is 8.89. The van der Waals surface area contributed by atoms with E-state index in [2.05, 4.69) is 16.0 Å². The summed E-state index contributed by atoms with van der Waals surface area (Å²) in [7, 11) is -3.60. The van der Waals surface area contributed by atoms with E-state index in [0.717, 1.165) is 30.5 Å². The molecule has 1 aromatic rings. The van der Waals surface area contributed by atoms with E-state index in [-0.39, 0.29) is 4.90 Å². The Morgan fingerprint density at radius 1 is 0.917 bits per heavy atom. The SMILES string of the molecule is Cc1ccc(S(=O)(=O)N/N=C2/C=C/CCCCCCCCC2)cc1. The highest BCUT2D eigenvalue weighted by Crippen LogP contribution is 2.13. The summed E-state index contributed by atoms with van der Waals surface area (Å²) in [5.74, 6) is 0. The Bertz CT molecular complexity index is 661. The van der Waals surface area contributed by atoms with Crippen molar-refractivity contribution in [3.05, 3.63) is 42.0 Å². The largest absolute Gasteiger partial charge is 0.276 e. The molecule has 1 N–H and O–H groups in total. The van der Waals surface area contributed by atoms with E-state index >= 15 is 0 Å². The first-order valence-corrected chi connectivity index (χ1v) is 10.4. The van der Waals surface area contributed by atoms with Gasteiger partial charge in [0.05, 0.1) is 10.6 Å². The lowest BCUT2D eigenvalue weighted by Crippen LogP contribution is -2.20. The summed E-state index contributed by atoms with van der Waals surface area (Å²) < 4.78 is 24.6. The zero-order valence-corrected chi connectivity index (χ0v) is 15.3. The quantitative estimate of drug-likeness (QED) is 0.804. The lowest BCUT2D eigenvalue weighted by Gasteiger charge is -2.07. The van der Waals surface area contributed by atoms with Gasteiger partial charge in [-0.05, 0) is 50.8 Å². The van der Waals surface area contributed by atoms with Gasteiger partial charge >= 0.3 is 0 Å². The van der Waals surface area contributed by atoms with Crippen LogP contribution in [-0.4, -0.2) is 14.1 Å². The number of benzene rings is 1. The van der Waals surface area contributed by atoms with Crippen LogP contribution in [-0.2, 0) is 10.0 Å². The maximum atomic E-state index is 12.3. The van der Waals surface area contributed by atoms with Crippen LogP contribution in [0, 0.1) is 6.92 Å². The molecule has 0 aliphatic heterocycles. The maximum Gasteiger partial charge on any atom is 0.276 e. The molecule has 132 valence electrons. The van der Waals surface area contributed by atoms with Crippen molar-refractivity contribution in [1.29, 1.82) is 0 Å². The number of sulfonamides is 1. The average molecular weight is 349 g/mol. The fourth-order valence-corrected chi connectivity index (χ4v) is 3.57. The van der Waals surface area contributed by atoms with Crippen molar-refractivity contribution in [3.8, 4) is 0 Å². The molecule has 1 aliphatic carbocycles. The number of hydrogen-bond donors (Lipinski definition) is 1. The van der Waals surface area contributed by atoms with Crippen LogP contribution in [0.4, 0.5) is 0 Å². The number of nitrogens with one attached hydrogen (secondary N) is 1. The summed E-state index contributed by atoms with van der Waals surface area (Å²) >= 11 is 0. The molecule has 1 aromatic carbocycles. The first kappa shape index (κ1) is 18.7. The van der Waals surface area contributed by atoms with E-state index in [9.17, 15) is 8.42 Å². The molecule has 4 nitrogen and oxygen atoms in total. The highest BCUT2D eigenvalue weighted by atomic mass is 32.2. The minimum absolute atomic E-state index is 0.245. The summed E-state index contributed by atoms with van der Waals surface area (Å²) in [6, 6.07) is 6.79. The second-order valence-electron chi connectivity index (χ2n) is 6.43. The molecule has 2 rings (SSSR count). The van der Waals surface area contributed by atoms with Gasteiger partial charge in [0.2, 0.25) is 0 Å². The topological polar surface area (TPSA) is 58.5 Å². The van der Waals surface area contributed by atoms with Crippen molar-refractivity contribution < 1.29 is 8.42 Å². The Hall–Kier alpha value is -1.62. The molecular weight excluding hydrogens is 320 g/mol. The van der Waals surface area contributed by atoms with Gasteiger partial charge in [-0.25, -0.2) is 0 Å². The Kier molecular flexibility index (Phi) is 7.50. The third-order valence-corrected chi connectivity index (χ3v) is 5.48. The Labute approximate surface area is 146 Å². The molecule has 0 heterocycles. The van der Waals surface area contributed by atoms with Gasteiger partial charge in [-0.2, -0.15) is 18.4 Å². The second-order valence-corrected chi connectivity index (χ2v) is 8.09. The molecule has 0 spiro atoms. The van der Waals surface area contributed by atoms with Gasteiger partial charge in [-0.3, -0.25) is 0 Å².